The van der Waals surface area contributed by atoms with Crippen LogP contribution in [0.15, 0.2) is 54.6 Å². The van der Waals surface area contributed by atoms with Crippen LogP contribution in [-0.4, -0.2) is 31.3 Å². The van der Waals surface area contributed by atoms with Gasteiger partial charge in [0.05, 0.1) is 5.25 Å². The highest BCUT2D eigenvalue weighted by atomic mass is 35.5. The van der Waals surface area contributed by atoms with Crippen molar-refractivity contribution in [3.8, 4) is 0 Å². The van der Waals surface area contributed by atoms with Crippen LogP contribution < -0.4 is 0 Å². The van der Waals surface area contributed by atoms with Crippen molar-refractivity contribution in [2.45, 2.75) is 5.25 Å². The second-order valence-electron chi connectivity index (χ2n) is 4.99. The Bertz CT molecular complexity index is 528. The third-order valence-corrected chi connectivity index (χ3v) is 4.73. The number of rotatable bonds is 6. The first-order valence-corrected chi connectivity index (χ1v) is 8.17. The van der Waals surface area contributed by atoms with Gasteiger partial charge in [-0.05, 0) is 31.3 Å². The number of hydrogen-bond donors (Lipinski definition) is 0. The molecule has 0 bridgehead atoms. The molecule has 2 aromatic rings. The molecule has 0 N–H and O–H groups in total. The number of nitrogens with zero attached hydrogens (tertiary/aromatic N) is 1. The van der Waals surface area contributed by atoms with Gasteiger partial charge in [0.2, 0.25) is 0 Å². The fourth-order valence-electron chi connectivity index (χ4n) is 2.03. The van der Waals surface area contributed by atoms with Crippen molar-refractivity contribution in [2.75, 3.05) is 26.4 Å². The quantitative estimate of drug-likeness (QED) is 0.759. The molecule has 0 fully saturated rings. The molecule has 1 atom stereocenters. The SMILES string of the molecule is CN(C)CCSC(c1ccccc1)c1ccccc1Cl. The van der Waals surface area contributed by atoms with E-state index in [1.54, 1.807) is 0 Å². The predicted molar refractivity (Wildman–Crippen MR) is 90.7 cm³/mol. The molecule has 0 heterocycles. The van der Waals surface area contributed by atoms with Crippen LogP contribution >= 0.6 is 23.4 Å². The molecular formula is C17H20ClNS. The maximum absolute atomic E-state index is 6.39. The van der Waals surface area contributed by atoms with E-state index >= 15 is 0 Å². The maximum atomic E-state index is 6.39. The Morgan fingerprint density at radius 1 is 1.00 bits per heavy atom. The average molecular weight is 306 g/mol. The van der Waals surface area contributed by atoms with Crippen molar-refractivity contribution in [1.82, 2.24) is 4.90 Å². The van der Waals surface area contributed by atoms with E-state index in [1.165, 1.54) is 11.1 Å². The zero-order valence-corrected chi connectivity index (χ0v) is 13.5. The molecule has 20 heavy (non-hydrogen) atoms. The van der Waals surface area contributed by atoms with E-state index < -0.39 is 0 Å². The van der Waals surface area contributed by atoms with E-state index in [4.69, 9.17) is 11.6 Å². The Kier molecular flexibility index (Phi) is 5.96. The summed E-state index contributed by atoms with van der Waals surface area (Å²) >= 11 is 8.33. The standard InChI is InChI=1S/C17H20ClNS/c1-19(2)12-13-20-17(14-8-4-3-5-9-14)15-10-6-7-11-16(15)18/h3-11,17H,12-13H2,1-2H3. The summed E-state index contributed by atoms with van der Waals surface area (Å²) in [5, 5.41) is 1.14. The van der Waals surface area contributed by atoms with E-state index in [0.29, 0.717) is 5.25 Å². The molecule has 2 rings (SSSR count). The smallest absolute Gasteiger partial charge is 0.0561 e. The molecule has 0 spiro atoms. The lowest BCUT2D eigenvalue weighted by atomic mass is 10.0. The first kappa shape index (κ1) is 15.4. The molecule has 1 unspecified atom stereocenters. The molecule has 0 aromatic heterocycles. The second-order valence-corrected chi connectivity index (χ2v) is 6.61. The zero-order valence-electron chi connectivity index (χ0n) is 11.9. The lowest BCUT2D eigenvalue weighted by Gasteiger charge is -2.20. The van der Waals surface area contributed by atoms with E-state index in [-0.39, 0.29) is 0 Å². The maximum Gasteiger partial charge on any atom is 0.0561 e. The second kappa shape index (κ2) is 7.72. The number of thioether (sulfide) groups is 1. The van der Waals surface area contributed by atoms with Crippen molar-refractivity contribution in [3.63, 3.8) is 0 Å². The van der Waals surface area contributed by atoms with Crippen LogP contribution in [0.3, 0.4) is 0 Å². The Hall–Kier alpha value is -0.960. The number of hydrogen-bond acceptors (Lipinski definition) is 2. The third-order valence-electron chi connectivity index (χ3n) is 3.11. The lowest BCUT2D eigenvalue weighted by Crippen LogP contribution is -2.15. The summed E-state index contributed by atoms with van der Waals surface area (Å²) in [6.07, 6.45) is 0. The van der Waals surface area contributed by atoms with Gasteiger partial charge in [-0.3, -0.25) is 0 Å². The fourth-order valence-corrected chi connectivity index (χ4v) is 3.78. The molecule has 3 heteroatoms. The fraction of sp³-hybridized carbons (Fsp3) is 0.294. The summed E-state index contributed by atoms with van der Waals surface area (Å²) in [5.74, 6) is 1.08. The summed E-state index contributed by atoms with van der Waals surface area (Å²) < 4.78 is 0. The van der Waals surface area contributed by atoms with E-state index in [1.807, 2.05) is 23.9 Å². The van der Waals surface area contributed by atoms with Gasteiger partial charge in [-0.2, -0.15) is 0 Å². The van der Waals surface area contributed by atoms with Crippen LogP contribution in [0.5, 0.6) is 0 Å². The summed E-state index contributed by atoms with van der Waals surface area (Å²) in [4.78, 5) is 2.21. The van der Waals surface area contributed by atoms with Gasteiger partial charge in [-0.25, -0.2) is 0 Å². The Balaban J connectivity index is 2.23. The monoisotopic (exact) mass is 305 g/mol. The van der Waals surface area contributed by atoms with Gasteiger partial charge >= 0.3 is 0 Å². The van der Waals surface area contributed by atoms with Crippen LogP contribution in [0.2, 0.25) is 5.02 Å². The number of benzene rings is 2. The lowest BCUT2D eigenvalue weighted by molar-refractivity contribution is 0.437. The van der Waals surface area contributed by atoms with Crippen LogP contribution in [0.25, 0.3) is 0 Å². The van der Waals surface area contributed by atoms with E-state index in [0.717, 1.165) is 17.3 Å². The minimum atomic E-state index is 0.296. The Morgan fingerprint density at radius 2 is 1.65 bits per heavy atom. The molecule has 0 saturated heterocycles. The molecule has 0 radical (unpaired) electrons. The molecule has 0 amide bonds. The Labute approximate surface area is 130 Å². The van der Waals surface area contributed by atoms with Gasteiger partial charge in [-0.1, -0.05) is 60.1 Å². The highest BCUT2D eigenvalue weighted by molar-refractivity contribution is 7.99. The third kappa shape index (κ3) is 4.27. The van der Waals surface area contributed by atoms with E-state index in [9.17, 15) is 0 Å². The number of halogens is 1. The van der Waals surface area contributed by atoms with Gasteiger partial charge in [0.25, 0.3) is 0 Å². The minimum absolute atomic E-state index is 0.296. The molecule has 0 saturated carbocycles. The minimum Gasteiger partial charge on any atom is -0.309 e. The molecule has 2 aromatic carbocycles. The topological polar surface area (TPSA) is 3.24 Å². The molecule has 0 aliphatic carbocycles. The highest BCUT2D eigenvalue weighted by Gasteiger charge is 2.16. The first-order chi connectivity index (χ1) is 9.68. The molecule has 0 aliphatic rings. The van der Waals surface area contributed by atoms with Crippen LogP contribution in [0.1, 0.15) is 16.4 Å². The van der Waals surface area contributed by atoms with Crippen molar-refractivity contribution < 1.29 is 0 Å². The van der Waals surface area contributed by atoms with Crippen molar-refractivity contribution in [2.24, 2.45) is 0 Å². The molecule has 1 nitrogen and oxygen atoms in total. The summed E-state index contributed by atoms with van der Waals surface area (Å²) in [5.41, 5.74) is 2.51. The Morgan fingerprint density at radius 3 is 2.30 bits per heavy atom. The summed E-state index contributed by atoms with van der Waals surface area (Å²) in [6, 6.07) is 18.7. The highest BCUT2D eigenvalue weighted by Crippen LogP contribution is 2.38. The van der Waals surface area contributed by atoms with Crippen molar-refractivity contribution >= 4 is 23.4 Å². The van der Waals surface area contributed by atoms with Gasteiger partial charge in [-0.15, -0.1) is 11.8 Å². The summed E-state index contributed by atoms with van der Waals surface area (Å²) in [6.45, 7) is 1.07. The van der Waals surface area contributed by atoms with Crippen LogP contribution in [-0.2, 0) is 0 Å². The van der Waals surface area contributed by atoms with Gasteiger partial charge in [0.1, 0.15) is 0 Å². The predicted octanol–water partition coefficient (Wildman–Crippen LogP) is 4.72. The van der Waals surface area contributed by atoms with Crippen molar-refractivity contribution in [3.05, 3.63) is 70.7 Å². The molecule has 106 valence electrons. The van der Waals surface area contributed by atoms with Gasteiger partial charge in [0.15, 0.2) is 0 Å². The zero-order chi connectivity index (χ0) is 14.4. The van der Waals surface area contributed by atoms with Crippen molar-refractivity contribution in [1.29, 1.82) is 0 Å². The van der Waals surface area contributed by atoms with Crippen LogP contribution in [0, 0.1) is 0 Å². The largest absolute Gasteiger partial charge is 0.309 e. The summed E-state index contributed by atoms with van der Waals surface area (Å²) in [7, 11) is 4.21. The van der Waals surface area contributed by atoms with Gasteiger partial charge in [0, 0.05) is 17.3 Å². The molecule has 0 aliphatic heterocycles. The first-order valence-electron chi connectivity index (χ1n) is 6.74. The van der Waals surface area contributed by atoms with E-state index in [2.05, 4.69) is 61.5 Å². The molecular weight excluding hydrogens is 286 g/mol. The van der Waals surface area contributed by atoms with Crippen LogP contribution in [0.4, 0.5) is 0 Å². The van der Waals surface area contributed by atoms with Gasteiger partial charge < -0.3 is 4.90 Å². The average Bonchev–Trinajstić information content (AvgIpc) is 2.45. The normalized spacial score (nSPS) is 12.6.